The molecule has 0 aliphatic carbocycles. The molecule has 0 aromatic heterocycles. The lowest BCUT2D eigenvalue weighted by atomic mass is 10.2. The summed E-state index contributed by atoms with van der Waals surface area (Å²) in [5.41, 5.74) is 2.61. The minimum absolute atomic E-state index is 0.126. The van der Waals surface area contributed by atoms with E-state index in [4.69, 9.17) is 9.47 Å². The number of benzene rings is 2. The van der Waals surface area contributed by atoms with E-state index >= 15 is 0 Å². The predicted octanol–water partition coefficient (Wildman–Crippen LogP) is 3.45. The van der Waals surface area contributed by atoms with Crippen molar-refractivity contribution in [1.82, 2.24) is 0 Å². The Morgan fingerprint density at radius 3 is 2.35 bits per heavy atom. The molecule has 0 heterocycles. The normalized spacial score (nSPS) is 11.5. The van der Waals surface area contributed by atoms with Crippen LogP contribution in [-0.2, 0) is 4.79 Å². The van der Waals surface area contributed by atoms with E-state index in [1.807, 2.05) is 25.1 Å². The van der Waals surface area contributed by atoms with Gasteiger partial charge in [0, 0.05) is 5.69 Å². The molecule has 0 spiro atoms. The molecule has 2 N–H and O–H groups in total. The van der Waals surface area contributed by atoms with Crippen molar-refractivity contribution < 1.29 is 14.3 Å². The number of ether oxygens (including phenoxy) is 2. The van der Waals surface area contributed by atoms with E-state index in [1.165, 1.54) is 0 Å². The zero-order chi connectivity index (χ0) is 16.8. The van der Waals surface area contributed by atoms with Crippen LogP contribution < -0.4 is 20.1 Å². The molecule has 1 unspecified atom stereocenters. The molecule has 122 valence electrons. The summed E-state index contributed by atoms with van der Waals surface area (Å²) in [5, 5.41) is 6.05. The minimum Gasteiger partial charge on any atom is -0.497 e. The third kappa shape index (κ3) is 4.39. The Hall–Kier alpha value is -2.69. The van der Waals surface area contributed by atoms with Gasteiger partial charge in [0.15, 0.2) is 0 Å². The number of amides is 1. The molecule has 1 atom stereocenters. The van der Waals surface area contributed by atoms with Gasteiger partial charge < -0.3 is 20.1 Å². The summed E-state index contributed by atoms with van der Waals surface area (Å²) >= 11 is 0. The fourth-order valence-corrected chi connectivity index (χ4v) is 2.16. The molecule has 0 fully saturated rings. The molecule has 0 saturated carbocycles. The molecular formula is C18H22N2O3. The third-order valence-electron chi connectivity index (χ3n) is 3.48. The summed E-state index contributed by atoms with van der Waals surface area (Å²) in [6.45, 7) is 3.80. The highest BCUT2D eigenvalue weighted by molar-refractivity contribution is 5.96. The molecule has 2 aromatic carbocycles. The molecule has 0 aliphatic rings. The Morgan fingerprint density at radius 1 is 1.04 bits per heavy atom. The molecule has 0 bridgehead atoms. The van der Waals surface area contributed by atoms with Crippen molar-refractivity contribution in [2.24, 2.45) is 0 Å². The predicted molar refractivity (Wildman–Crippen MR) is 92.4 cm³/mol. The number of carbonyl (C=O) groups excluding carboxylic acids is 1. The van der Waals surface area contributed by atoms with Gasteiger partial charge in [0.05, 0.1) is 19.9 Å². The van der Waals surface area contributed by atoms with Crippen molar-refractivity contribution in [3.05, 3.63) is 48.0 Å². The van der Waals surface area contributed by atoms with E-state index in [0.29, 0.717) is 5.75 Å². The van der Waals surface area contributed by atoms with Crippen molar-refractivity contribution in [2.75, 3.05) is 24.9 Å². The average Bonchev–Trinajstić information content (AvgIpc) is 2.55. The lowest BCUT2D eigenvalue weighted by Crippen LogP contribution is -2.32. The highest BCUT2D eigenvalue weighted by atomic mass is 16.5. The summed E-state index contributed by atoms with van der Waals surface area (Å²) in [5.74, 6) is 1.33. The Labute approximate surface area is 136 Å². The Balaban J connectivity index is 2.03. The van der Waals surface area contributed by atoms with Gasteiger partial charge in [-0.1, -0.05) is 6.07 Å². The molecular weight excluding hydrogens is 292 g/mol. The van der Waals surface area contributed by atoms with Crippen molar-refractivity contribution in [2.45, 2.75) is 19.9 Å². The first-order chi connectivity index (χ1) is 11.0. The van der Waals surface area contributed by atoms with Crippen molar-refractivity contribution in [1.29, 1.82) is 0 Å². The van der Waals surface area contributed by atoms with Crippen LogP contribution in [0.1, 0.15) is 12.5 Å². The van der Waals surface area contributed by atoms with Gasteiger partial charge in [-0.2, -0.15) is 0 Å². The van der Waals surface area contributed by atoms with Crippen LogP contribution in [0.25, 0.3) is 0 Å². The van der Waals surface area contributed by atoms with Gasteiger partial charge in [-0.05, 0) is 55.8 Å². The van der Waals surface area contributed by atoms with Gasteiger partial charge in [-0.25, -0.2) is 0 Å². The fraction of sp³-hybridized carbons (Fsp3) is 0.278. The number of nitrogens with one attached hydrogen (secondary N) is 2. The van der Waals surface area contributed by atoms with Gasteiger partial charge in [-0.15, -0.1) is 0 Å². The zero-order valence-electron chi connectivity index (χ0n) is 13.8. The first-order valence-electron chi connectivity index (χ1n) is 7.39. The van der Waals surface area contributed by atoms with Crippen LogP contribution in [0, 0.1) is 6.92 Å². The van der Waals surface area contributed by atoms with E-state index in [-0.39, 0.29) is 5.91 Å². The SMILES string of the molecule is COc1ccc(NC(=O)C(C)Nc2cc(C)ccc2OC)cc1. The molecule has 0 saturated heterocycles. The van der Waals surface area contributed by atoms with E-state index in [0.717, 1.165) is 22.7 Å². The van der Waals surface area contributed by atoms with Gasteiger partial charge in [0.1, 0.15) is 17.5 Å². The summed E-state index contributed by atoms with van der Waals surface area (Å²) in [6, 6.07) is 12.6. The largest absolute Gasteiger partial charge is 0.497 e. The second-order valence-electron chi connectivity index (χ2n) is 5.29. The third-order valence-corrected chi connectivity index (χ3v) is 3.48. The fourth-order valence-electron chi connectivity index (χ4n) is 2.16. The molecule has 1 amide bonds. The Kier molecular flexibility index (Phi) is 5.46. The highest BCUT2D eigenvalue weighted by Crippen LogP contribution is 2.26. The van der Waals surface area contributed by atoms with E-state index in [9.17, 15) is 4.79 Å². The molecule has 5 heteroatoms. The van der Waals surface area contributed by atoms with Crippen LogP contribution in [0.4, 0.5) is 11.4 Å². The standard InChI is InChI=1S/C18H22N2O3/c1-12-5-10-17(23-4)16(11-12)19-13(2)18(21)20-14-6-8-15(22-3)9-7-14/h5-11,13,19H,1-4H3,(H,20,21). The molecule has 0 aliphatic heterocycles. The Morgan fingerprint density at radius 2 is 1.74 bits per heavy atom. The topological polar surface area (TPSA) is 59.6 Å². The number of carbonyl (C=O) groups is 1. The number of aryl methyl sites for hydroxylation is 1. The second kappa shape index (κ2) is 7.54. The zero-order valence-corrected chi connectivity index (χ0v) is 13.8. The quantitative estimate of drug-likeness (QED) is 0.857. The maximum Gasteiger partial charge on any atom is 0.246 e. The second-order valence-corrected chi connectivity index (χ2v) is 5.29. The van der Waals surface area contributed by atoms with E-state index in [2.05, 4.69) is 10.6 Å². The number of hydrogen-bond donors (Lipinski definition) is 2. The number of hydrogen-bond acceptors (Lipinski definition) is 4. The monoisotopic (exact) mass is 314 g/mol. The maximum absolute atomic E-state index is 12.3. The van der Waals surface area contributed by atoms with Crippen LogP contribution >= 0.6 is 0 Å². The lowest BCUT2D eigenvalue weighted by molar-refractivity contribution is -0.116. The number of anilines is 2. The summed E-state index contributed by atoms with van der Waals surface area (Å²) in [7, 11) is 3.22. The summed E-state index contributed by atoms with van der Waals surface area (Å²) in [4.78, 5) is 12.3. The van der Waals surface area contributed by atoms with Gasteiger partial charge >= 0.3 is 0 Å². The highest BCUT2D eigenvalue weighted by Gasteiger charge is 2.15. The van der Waals surface area contributed by atoms with Gasteiger partial charge in [-0.3, -0.25) is 4.79 Å². The lowest BCUT2D eigenvalue weighted by Gasteiger charge is -2.18. The number of methoxy groups -OCH3 is 2. The first-order valence-corrected chi connectivity index (χ1v) is 7.39. The molecule has 23 heavy (non-hydrogen) atoms. The molecule has 2 rings (SSSR count). The van der Waals surface area contributed by atoms with Crippen LogP contribution in [0.2, 0.25) is 0 Å². The molecule has 2 aromatic rings. The number of rotatable bonds is 6. The Bertz CT molecular complexity index is 668. The van der Waals surface area contributed by atoms with Gasteiger partial charge in [0.25, 0.3) is 0 Å². The average molecular weight is 314 g/mol. The maximum atomic E-state index is 12.3. The first kappa shape index (κ1) is 16.7. The van der Waals surface area contributed by atoms with Crippen molar-refractivity contribution in [3.63, 3.8) is 0 Å². The van der Waals surface area contributed by atoms with Crippen molar-refractivity contribution >= 4 is 17.3 Å². The van der Waals surface area contributed by atoms with E-state index in [1.54, 1.807) is 45.4 Å². The van der Waals surface area contributed by atoms with Crippen LogP contribution in [0.5, 0.6) is 11.5 Å². The molecule has 5 nitrogen and oxygen atoms in total. The van der Waals surface area contributed by atoms with Crippen LogP contribution in [0.3, 0.4) is 0 Å². The summed E-state index contributed by atoms with van der Waals surface area (Å²) in [6.07, 6.45) is 0. The smallest absolute Gasteiger partial charge is 0.246 e. The van der Waals surface area contributed by atoms with Crippen LogP contribution in [0.15, 0.2) is 42.5 Å². The minimum atomic E-state index is -0.409. The van der Waals surface area contributed by atoms with Gasteiger partial charge in [0.2, 0.25) is 5.91 Å². The van der Waals surface area contributed by atoms with E-state index < -0.39 is 6.04 Å². The summed E-state index contributed by atoms with van der Waals surface area (Å²) < 4.78 is 10.4. The van der Waals surface area contributed by atoms with Crippen LogP contribution in [-0.4, -0.2) is 26.2 Å². The van der Waals surface area contributed by atoms with Crippen molar-refractivity contribution in [3.8, 4) is 11.5 Å². The molecule has 0 radical (unpaired) electrons.